The van der Waals surface area contributed by atoms with Crippen LogP contribution in [0.3, 0.4) is 0 Å². The van der Waals surface area contributed by atoms with E-state index in [1.165, 1.54) is 0 Å². The summed E-state index contributed by atoms with van der Waals surface area (Å²) >= 11 is 0. The highest BCUT2D eigenvalue weighted by Gasteiger charge is 2.13. The molecule has 1 atom stereocenters. The number of nitrogens with one attached hydrogen (secondary N) is 2. The molecule has 7 nitrogen and oxygen atoms in total. The molecule has 1 unspecified atom stereocenters. The molecule has 0 aromatic carbocycles. The van der Waals surface area contributed by atoms with Crippen LogP contribution in [-0.4, -0.2) is 57.1 Å². The molecule has 178 valence electrons. The second kappa shape index (κ2) is 16.5. The van der Waals surface area contributed by atoms with Gasteiger partial charge in [0.05, 0.1) is 6.10 Å². The van der Waals surface area contributed by atoms with E-state index in [0.29, 0.717) is 24.3 Å². The van der Waals surface area contributed by atoms with Crippen LogP contribution in [0, 0.1) is 11.8 Å². The first-order chi connectivity index (χ1) is 14.6. The molecular weight excluding hydrogens is 507 g/mol. The topological polar surface area (TPSA) is 77.0 Å². The average Bonchev–Trinajstić information content (AvgIpc) is 2.73. The van der Waals surface area contributed by atoms with Crippen LogP contribution in [0.1, 0.15) is 52.0 Å². The van der Waals surface area contributed by atoms with Crippen LogP contribution < -0.4 is 15.4 Å². The highest BCUT2D eigenvalue weighted by molar-refractivity contribution is 14.0. The number of rotatable bonds is 12. The van der Waals surface area contributed by atoms with E-state index in [9.17, 15) is 0 Å². The number of hydrogen-bond donors (Lipinski definition) is 2. The first kappa shape index (κ1) is 27.9. The van der Waals surface area contributed by atoms with Gasteiger partial charge in [0.2, 0.25) is 5.88 Å². The van der Waals surface area contributed by atoms with Gasteiger partial charge in [-0.25, -0.2) is 4.98 Å². The molecule has 1 aromatic rings. The standard InChI is InChI=1S/C23H40N4O3.HI/c1-18(2)14-19(3)30-22-15-21(6-10-25-22)16-27-23(24-4)26-9-5-11-29-17-20-7-12-28-13-8-20;/h6,10,15,18-20H,5,7-9,11-14,16-17H2,1-4H3,(H2,24,26,27);1H. The number of ether oxygens (including phenoxy) is 3. The Balaban J connectivity index is 0.00000480. The van der Waals surface area contributed by atoms with Crippen molar-refractivity contribution in [1.82, 2.24) is 15.6 Å². The smallest absolute Gasteiger partial charge is 0.213 e. The van der Waals surface area contributed by atoms with Crippen molar-refractivity contribution < 1.29 is 14.2 Å². The molecule has 0 aliphatic carbocycles. The van der Waals surface area contributed by atoms with Crippen LogP contribution in [0.5, 0.6) is 5.88 Å². The van der Waals surface area contributed by atoms with Gasteiger partial charge in [0, 0.05) is 58.8 Å². The van der Waals surface area contributed by atoms with E-state index < -0.39 is 0 Å². The summed E-state index contributed by atoms with van der Waals surface area (Å²) in [6.07, 6.45) is 6.15. The molecule has 0 amide bonds. The molecule has 0 saturated carbocycles. The summed E-state index contributed by atoms with van der Waals surface area (Å²) in [5, 5.41) is 6.68. The largest absolute Gasteiger partial charge is 0.475 e. The Morgan fingerprint density at radius 2 is 2.03 bits per heavy atom. The maximum Gasteiger partial charge on any atom is 0.213 e. The molecule has 1 saturated heterocycles. The van der Waals surface area contributed by atoms with Gasteiger partial charge >= 0.3 is 0 Å². The van der Waals surface area contributed by atoms with E-state index in [1.54, 1.807) is 13.2 Å². The van der Waals surface area contributed by atoms with E-state index in [-0.39, 0.29) is 30.1 Å². The van der Waals surface area contributed by atoms with Crippen LogP contribution in [-0.2, 0) is 16.0 Å². The summed E-state index contributed by atoms with van der Waals surface area (Å²) in [5.41, 5.74) is 1.11. The Kier molecular flexibility index (Phi) is 14.8. The van der Waals surface area contributed by atoms with Gasteiger partial charge in [-0.05, 0) is 56.1 Å². The van der Waals surface area contributed by atoms with Gasteiger partial charge in [-0.15, -0.1) is 24.0 Å². The lowest BCUT2D eigenvalue weighted by molar-refractivity contribution is 0.0203. The fourth-order valence-corrected chi connectivity index (χ4v) is 3.49. The molecule has 2 N–H and O–H groups in total. The molecule has 1 aliphatic rings. The Labute approximate surface area is 205 Å². The Morgan fingerprint density at radius 3 is 2.74 bits per heavy atom. The van der Waals surface area contributed by atoms with Gasteiger partial charge in [-0.3, -0.25) is 4.99 Å². The molecule has 31 heavy (non-hydrogen) atoms. The first-order valence-corrected chi connectivity index (χ1v) is 11.3. The Hall–Kier alpha value is -1.13. The summed E-state index contributed by atoms with van der Waals surface area (Å²) < 4.78 is 17.1. The van der Waals surface area contributed by atoms with Crippen LogP contribution >= 0.6 is 24.0 Å². The molecule has 0 bridgehead atoms. The number of nitrogens with zero attached hydrogens (tertiary/aromatic N) is 2. The van der Waals surface area contributed by atoms with Crippen molar-refractivity contribution in [2.24, 2.45) is 16.8 Å². The van der Waals surface area contributed by atoms with E-state index in [2.05, 4.69) is 41.4 Å². The zero-order chi connectivity index (χ0) is 21.6. The number of aliphatic imine (C=N–C) groups is 1. The van der Waals surface area contributed by atoms with Crippen molar-refractivity contribution in [3.63, 3.8) is 0 Å². The molecule has 0 spiro atoms. The lowest BCUT2D eigenvalue weighted by Crippen LogP contribution is -2.37. The SMILES string of the molecule is CN=C(NCCCOCC1CCOCC1)NCc1ccnc(OC(C)CC(C)C)c1.I. The van der Waals surface area contributed by atoms with E-state index >= 15 is 0 Å². The van der Waals surface area contributed by atoms with Gasteiger partial charge in [0.25, 0.3) is 0 Å². The second-order valence-electron chi connectivity index (χ2n) is 8.40. The second-order valence-corrected chi connectivity index (χ2v) is 8.40. The monoisotopic (exact) mass is 548 g/mol. The van der Waals surface area contributed by atoms with Crippen molar-refractivity contribution in [2.75, 3.05) is 40.0 Å². The third kappa shape index (κ3) is 12.5. The summed E-state index contributed by atoms with van der Waals surface area (Å²) in [5.74, 6) is 2.72. The van der Waals surface area contributed by atoms with Crippen LogP contribution in [0.25, 0.3) is 0 Å². The van der Waals surface area contributed by atoms with E-state index in [1.807, 2.05) is 12.1 Å². The maximum absolute atomic E-state index is 5.94. The van der Waals surface area contributed by atoms with Crippen LogP contribution in [0.15, 0.2) is 23.3 Å². The predicted molar refractivity (Wildman–Crippen MR) is 136 cm³/mol. The lowest BCUT2D eigenvalue weighted by Gasteiger charge is -2.21. The number of hydrogen-bond acceptors (Lipinski definition) is 5. The van der Waals surface area contributed by atoms with Crippen LogP contribution in [0.4, 0.5) is 0 Å². The highest BCUT2D eigenvalue weighted by Crippen LogP contribution is 2.15. The van der Waals surface area contributed by atoms with E-state index in [0.717, 1.165) is 70.2 Å². The number of halogens is 1. The summed E-state index contributed by atoms with van der Waals surface area (Å²) in [4.78, 5) is 8.62. The van der Waals surface area contributed by atoms with Gasteiger partial charge in [-0.1, -0.05) is 13.8 Å². The van der Waals surface area contributed by atoms with Gasteiger partial charge in [0.1, 0.15) is 0 Å². The molecule has 1 aromatic heterocycles. The number of pyridine rings is 1. The molecule has 1 aliphatic heterocycles. The highest BCUT2D eigenvalue weighted by atomic mass is 127. The molecule has 1 fully saturated rings. The fraction of sp³-hybridized carbons (Fsp3) is 0.739. The Morgan fingerprint density at radius 1 is 1.26 bits per heavy atom. The minimum atomic E-state index is 0. The fourth-order valence-electron chi connectivity index (χ4n) is 3.49. The zero-order valence-corrected chi connectivity index (χ0v) is 21.9. The average molecular weight is 549 g/mol. The number of aromatic nitrogens is 1. The van der Waals surface area contributed by atoms with Crippen molar-refractivity contribution in [3.8, 4) is 5.88 Å². The minimum Gasteiger partial charge on any atom is -0.475 e. The molecule has 0 radical (unpaired) electrons. The molecular formula is C23H41IN4O3. The third-order valence-electron chi connectivity index (χ3n) is 5.06. The number of guanidine groups is 1. The minimum absolute atomic E-state index is 0. The van der Waals surface area contributed by atoms with Gasteiger partial charge in [0.15, 0.2) is 5.96 Å². The summed E-state index contributed by atoms with van der Waals surface area (Å²) in [7, 11) is 1.78. The normalized spacial score (nSPS) is 16.0. The van der Waals surface area contributed by atoms with Crippen molar-refractivity contribution >= 4 is 29.9 Å². The molecule has 2 rings (SSSR count). The summed E-state index contributed by atoms with van der Waals surface area (Å²) in [6, 6.07) is 3.98. The first-order valence-electron chi connectivity index (χ1n) is 11.3. The lowest BCUT2D eigenvalue weighted by atomic mass is 10.0. The summed E-state index contributed by atoms with van der Waals surface area (Å²) in [6.45, 7) is 11.3. The van der Waals surface area contributed by atoms with Crippen molar-refractivity contribution in [3.05, 3.63) is 23.9 Å². The van der Waals surface area contributed by atoms with Gasteiger partial charge < -0.3 is 24.8 Å². The van der Waals surface area contributed by atoms with Crippen molar-refractivity contribution in [2.45, 2.75) is 59.1 Å². The van der Waals surface area contributed by atoms with E-state index in [4.69, 9.17) is 14.2 Å². The van der Waals surface area contributed by atoms with Crippen molar-refractivity contribution in [1.29, 1.82) is 0 Å². The Bertz CT molecular complexity index is 625. The van der Waals surface area contributed by atoms with Crippen LogP contribution in [0.2, 0.25) is 0 Å². The van der Waals surface area contributed by atoms with Gasteiger partial charge in [-0.2, -0.15) is 0 Å². The third-order valence-corrected chi connectivity index (χ3v) is 5.06. The molecule has 8 heteroatoms. The predicted octanol–water partition coefficient (Wildman–Crippen LogP) is 4.01. The zero-order valence-electron chi connectivity index (χ0n) is 19.6. The quantitative estimate of drug-likeness (QED) is 0.178. The molecule has 2 heterocycles. The maximum atomic E-state index is 5.94.